The molecule has 0 spiro atoms. The Labute approximate surface area is 110 Å². The van der Waals surface area contributed by atoms with Gasteiger partial charge in [-0.2, -0.15) is 0 Å². The third-order valence-electron chi connectivity index (χ3n) is 2.05. The van der Waals surface area contributed by atoms with Crippen molar-refractivity contribution < 1.29 is 19.4 Å². The SMILES string of the molecule is C=CC(=O)OC(C)(C)C.CCCC(CC)C(=O)O. The molecule has 0 aliphatic carbocycles. The molecule has 0 aliphatic heterocycles. The molecule has 0 saturated carbocycles. The van der Waals surface area contributed by atoms with E-state index in [1.54, 1.807) is 0 Å². The fourth-order valence-electron chi connectivity index (χ4n) is 1.19. The highest BCUT2D eigenvalue weighted by molar-refractivity contribution is 5.81. The Balaban J connectivity index is 0. The molecule has 106 valence electrons. The van der Waals surface area contributed by atoms with Gasteiger partial charge in [0.25, 0.3) is 0 Å². The molecule has 0 aromatic rings. The summed E-state index contributed by atoms with van der Waals surface area (Å²) >= 11 is 0. The van der Waals surface area contributed by atoms with Crippen LogP contribution in [0.25, 0.3) is 0 Å². The fraction of sp³-hybridized carbons (Fsp3) is 0.714. The van der Waals surface area contributed by atoms with Gasteiger partial charge in [-0.3, -0.25) is 4.79 Å². The van der Waals surface area contributed by atoms with Gasteiger partial charge in [-0.25, -0.2) is 4.79 Å². The molecule has 0 saturated heterocycles. The highest BCUT2D eigenvalue weighted by Gasteiger charge is 2.13. The van der Waals surface area contributed by atoms with E-state index in [4.69, 9.17) is 9.84 Å². The van der Waals surface area contributed by atoms with E-state index in [0.29, 0.717) is 0 Å². The summed E-state index contributed by atoms with van der Waals surface area (Å²) in [5.41, 5.74) is -0.398. The van der Waals surface area contributed by atoms with Crippen molar-refractivity contribution in [2.75, 3.05) is 0 Å². The van der Waals surface area contributed by atoms with Gasteiger partial charge >= 0.3 is 11.9 Å². The van der Waals surface area contributed by atoms with Crippen molar-refractivity contribution in [3.8, 4) is 0 Å². The van der Waals surface area contributed by atoms with E-state index in [1.165, 1.54) is 0 Å². The van der Waals surface area contributed by atoms with E-state index < -0.39 is 11.6 Å². The zero-order valence-electron chi connectivity index (χ0n) is 12.2. The van der Waals surface area contributed by atoms with E-state index in [-0.39, 0.29) is 11.9 Å². The second kappa shape index (κ2) is 9.68. The Morgan fingerprint density at radius 2 is 1.83 bits per heavy atom. The molecule has 0 aromatic carbocycles. The standard InChI is InChI=1S/C7H12O2.C7H14O2/c1-5-6(8)9-7(2,3)4;1-3-5-6(4-2)7(8)9/h5H,1H2,2-4H3;6H,3-5H2,1-2H3,(H,8,9). The molecule has 0 fully saturated rings. The number of esters is 1. The summed E-state index contributed by atoms with van der Waals surface area (Å²) < 4.78 is 4.83. The summed E-state index contributed by atoms with van der Waals surface area (Å²) in [6.45, 7) is 12.6. The number of carbonyl (C=O) groups is 2. The summed E-state index contributed by atoms with van der Waals surface area (Å²) in [5.74, 6) is -1.14. The number of hydrogen-bond acceptors (Lipinski definition) is 3. The van der Waals surface area contributed by atoms with Crippen molar-refractivity contribution in [3.05, 3.63) is 12.7 Å². The predicted molar refractivity (Wildman–Crippen MR) is 72.4 cm³/mol. The second-order valence-electron chi connectivity index (χ2n) is 4.97. The van der Waals surface area contributed by atoms with Crippen molar-refractivity contribution in [2.24, 2.45) is 5.92 Å². The third kappa shape index (κ3) is 12.7. The first-order chi connectivity index (χ1) is 8.17. The van der Waals surface area contributed by atoms with Crippen LogP contribution in [0.5, 0.6) is 0 Å². The van der Waals surface area contributed by atoms with Crippen LogP contribution in [-0.2, 0) is 14.3 Å². The second-order valence-corrected chi connectivity index (χ2v) is 4.97. The maximum atomic E-state index is 10.5. The maximum Gasteiger partial charge on any atom is 0.330 e. The molecule has 0 aromatic heterocycles. The Morgan fingerprint density at radius 3 is 1.94 bits per heavy atom. The smallest absolute Gasteiger partial charge is 0.330 e. The first-order valence-electron chi connectivity index (χ1n) is 6.26. The zero-order valence-corrected chi connectivity index (χ0v) is 12.2. The van der Waals surface area contributed by atoms with E-state index in [2.05, 4.69) is 6.58 Å². The minimum Gasteiger partial charge on any atom is -0.481 e. The van der Waals surface area contributed by atoms with Crippen molar-refractivity contribution in [3.63, 3.8) is 0 Å². The number of carbonyl (C=O) groups excluding carboxylic acids is 1. The van der Waals surface area contributed by atoms with Crippen LogP contribution >= 0.6 is 0 Å². The van der Waals surface area contributed by atoms with E-state index in [9.17, 15) is 9.59 Å². The molecule has 0 heterocycles. The molecule has 18 heavy (non-hydrogen) atoms. The first kappa shape index (κ1) is 19.0. The number of hydrogen-bond donors (Lipinski definition) is 1. The minimum absolute atomic E-state index is 0.116. The summed E-state index contributed by atoms with van der Waals surface area (Å²) in [6, 6.07) is 0. The van der Waals surface area contributed by atoms with Gasteiger partial charge < -0.3 is 9.84 Å². The van der Waals surface area contributed by atoms with Gasteiger partial charge in [-0.05, 0) is 33.6 Å². The molecule has 0 rings (SSSR count). The summed E-state index contributed by atoms with van der Waals surface area (Å²) in [7, 11) is 0. The molecular weight excluding hydrogens is 232 g/mol. The van der Waals surface area contributed by atoms with Crippen molar-refractivity contribution >= 4 is 11.9 Å². The Hall–Kier alpha value is -1.32. The Bertz CT molecular complexity index is 263. The molecular formula is C14H26O4. The summed E-state index contributed by atoms with van der Waals surface area (Å²) in [6.07, 6.45) is 3.69. The number of carboxylic acids is 1. The van der Waals surface area contributed by atoms with Gasteiger partial charge in [-0.1, -0.05) is 26.8 Å². The number of carboxylic acid groups (broad SMARTS) is 1. The number of ether oxygens (including phenoxy) is 1. The average molecular weight is 258 g/mol. The minimum atomic E-state index is -0.653. The predicted octanol–water partition coefficient (Wildman–Crippen LogP) is 3.41. The molecule has 0 bridgehead atoms. The fourth-order valence-corrected chi connectivity index (χ4v) is 1.19. The zero-order chi connectivity index (χ0) is 14.8. The molecule has 4 heteroatoms. The monoisotopic (exact) mass is 258 g/mol. The maximum absolute atomic E-state index is 10.5. The van der Waals surface area contributed by atoms with Crippen LogP contribution in [0.15, 0.2) is 12.7 Å². The van der Waals surface area contributed by atoms with Crippen LogP contribution in [0.1, 0.15) is 53.9 Å². The summed E-state index contributed by atoms with van der Waals surface area (Å²) in [5, 5.41) is 8.50. The van der Waals surface area contributed by atoms with Crippen LogP contribution in [-0.4, -0.2) is 22.6 Å². The summed E-state index contributed by atoms with van der Waals surface area (Å²) in [4.78, 5) is 20.8. The lowest BCUT2D eigenvalue weighted by molar-refractivity contribution is -0.148. The number of aliphatic carboxylic acids is 1. The number of rotatable bonds is 5. The lowest BCUT2D eigenvalue weighted by atomic mass is 10.0. The average Bonchev–Trinajstić information content (AvgIpc) is 2.23. The molecule has 1 N–H and O–H groups in total. The van der Waals surface area contributed by atoms with E-state index in [0.717, 1.165) is 25.3 Å². The largest absolute Gasteiger partial charge is 0.481 e. The van der Waals surface area contributed by atoms with Gasteiger partial charge in [0.15, 0.2) is 0 Å². The van der Waals surface area contributed by atoms with Gasteiger partial charge in [0.05, 0.1) is 5.92 Å². The Kier molecular flexibility index (Phi) is 10.2. The lowest BCUT2D eigenvalue weighted by Crippen LogP contribution is -2.22. The van der Waals surface area contributed by atoms with Crippen molar-refractivity contribution in [1.29, 1.82) is 0 Å². The van der Waals surface area contributed by atoms with Crippen LogP contribution in [0, 0.1) is 5.92 Å². The van der Waals surface area contributed by atoms with E-state index in [1.807, 2.05) is 34.6 Å². The normalized spacial score (nSPS) is 11.8. The van der Waals surface area contributed by atoms with Crippen LogP contribution in [0.4, 0.5) is 0 Å². The van der Waals surface area contributed by atoms with Gasteiger partial charge in [0.1, 0.15) is 5.60 Å². The quantitative estimate of drug-likeness (QED) is 0.606. The van der Waals surface area contributed by atoms with Crippen LogP contribution in [0.3, 0.4) is 0 Å². The molecule has 0 aliphatic rings. The van der Waals surface area contributed by atoms with Gasteiger partial charge in [-0.15, -0.1) is 0 Å². The van der Waals surface area contributed by atoms with Crippen LogP contribution in [0.2, 0.25) is 0 Å². The van der Waals surface area contributed by atoms with Gasteiger partial charge in [0.2, 0.25) is 0 Å². The first-order valence-corrected chi connectivity index (χ1v) is 6.26. The van der Waals surface area contributed by atoms with E-state index >= 15 is 0 Å². The molecule has 0 amide bonds. The molecule has 4 nitrogen and oxygen atoms in total. The third-order valence-corrected chi connectivity index (χ3v) is 2.05. The molecule has 1 unspecified atom stereocenters. The lowest BCUT2D eigenvalue weighted by Gasteiger charge is -2.17. The molecule has 1 atom stereocenters. The van der Waals surface area contributed by atoms with Crippen LogP contribution < -0.4 is 0 Å². The Morgan fingerprint density at radius 1 is 1.33 bits per heavy atom. The molecule has 0 radical (unpaired) electrons. The van der Waals surface area contributed by atoms with Crippen molar-refractivity contribution in [2.45, 2.75) is 59.5 Å². The highest BCUT2D eigenvalue weighted by Crippen LogP contribution is 2.09. The topological polar surface area (TPSA) is 63.6 Å². The van der Waals surface area contributed by atoms with Crippen molar-refractivity contribution in [1.82, 2.24) is 0 Å². The van der Waals surface area contributed by atoms with Gasteiger partial charge in [0, 0.05) is 6.08 Å². The highest BCUT2D eigenvalue weighted by atomic mass is 16.6.